The minimum atomic E-state index is -0.539. The molecule has 1 aromatic carbocycles. The molecule has 0 saturated carbocycles. The number of amides is 1. The van der Waals surface area contributed by atoms with Crippen LogP contribution in [0, 0.1) is 0 Å². The number of carbonyl (C=O) groups excluding carboxylic acids is 1. The first-order chi connectivity index (χ1) is 12.7. The van der Waals surface area contributed by atoms with Crippen molar-refractivity contribution in [1.82, 2.24) is 10.2 Å². The molecule has 1 aliphatic heterocycles. The topological polar surface area (TPSA) is 109 Å². The highest BCUT2D eigenvalue weighted by Gasteiger charge is 2.20. The van der Waals surface area contributed by atoms with Gasteiger partial charge in [0.25, 0.3) is 11.8 Å². The van der Waals surface area contributed by atoms with E-state index in [1.165, 1.54) is 6.26 Å². The van der Waals surface area contributed by atoms with Crippen molar-refractivity contribution >= 4 is 22.9 Å². The summed E-state index contributed by atoms with van der Waals surface area (Å²) in [6.07, 6.45) is 1.24. The molecule has 4 rings (SSSR count). The fraction of sp³-hybridized carbons (Fsp3) is 0.235. The van der Waals surface area contributed by atoms with Gasteiger partial charge in [-0.25, -0.2) is 0 Å². The Bertz CT molecular complexity index is 974. The molecule has 1 aliphatic rings. The van der Waals surface area contributed by atoms with E-state index in [1.807, 2.05) is 25.1 Å². The maximum absolute atomic E-state index is 12.0. The van der Waals surface area contributed by atoms with Crippen LogP contribution in [0.25, 0.3) is 22.6 Å². The lowest BCUT2D eigenvalue weighted by Crippen LogP contribution is -2.21. The maximum atomic E-state index is 12.0. The molecule has 0 bridgehead atoms. The van der Waals surface area contributed by atoms with Crippen LogP contribution in [0.15, 0.2) is 45.1 Å². The molecule has 1 amide bonds. The fourth-order valence-corrected chi connectivity index (χ4v) is 2.43. The van der Waals surface area contributed by atoms with Crippen molar-refractivity contribution in [2.24, 2.45) is 0 Å². The Balaban J connectivity index is 1.56. The van der Waals surface area contributed by atoms with Crippen molar-refractivity contribution in [2.45, 2.75) is 6.92 Å². The molecule has 9 nitrogen and oxygen atoms in total. The summed E-state index contributed by atoms with van der Waals surface area (Å²) in [5, 5.41) is 11.0. The number of carbonyl (C=O) groups is 1. The minimum absolute atomic E-state index is 0.0427. The summed E-state index contributed by atoms with van der Waals surface area (Å²) in [6, 6.07) is 7.25. The fourth-order valence-electron chi connectivity index (χ4n) is 2.43. The summed E-state index contributed by atoms with van der Waals surface area (Å²) in [6.45, 7) is 3.12. The molecule has 3 heterocycles. The second-order valence-corrected chi connectivity index (χ2v) is 5.29. The van der Waals surface area contributed by atoms with Gasteiger partial charge in [0, 0.05) is 5.39 Å². The Morgan fingerprint density at radius 1 is 1.27 bits per heavy atom. The highest BCUT2D eigenvalue weighted by atomic mass is 16.6. The van der Waals surface area contributed by atoms with Crippen LogP contribution in [0.4, 0.5) is 6.01 Å². The number of fused-ring (bicyclic) bond motifs is 1. The van der Waals surface area contributed by atoms with E-state index in [1.54, 1.807) is 6.07 Å². The molecular weight excluding hydrogens is 342 g/mol. The zero-order chi connectivity index (χ0) is 17.9. The van der Waals surface area contributed by atoms with Crippen LogP contribution in [0.5, 0.6) is 5.75 Å². The Morgan fingerprint density at radius 2 is 2.19 bits per heavy atom. The zero-order valence-electron chi connectivity index (χ0n) is 13.9. The Morgan fingerprint density at radius 3 is 3.00 bits per heavy atom. The molecular formula is C17H15N3O6. The molecule has 26 heavy (non-hydrogen) atoms. The third-order valence-electron chi connectivity index (χ3n) is 3.54. The Labute approximate surface area is 147 Å². The van der Waals surface area contributed by atoms with Crippen molar-refractivity contribution in [1.29, 1.82) is 0 Å². The summed E-state index contributed by atoms with van der Waals surface area (Å²) >= 11 is 0. The largest absolute Gasteiger partial charge is 0.494 e. The molecule has 1 N–H and O–H groups in total. The van der Waals surface area contributed by atoms with E-state index >= 15 is 0 Å². The molecule has 0 atom stereocenters. The van der Waals surface area contributed by atoms with E-state index in [9.17, 15) is 4.79 Å². The number of nitrogens with one attached hydrogen (secondary N) is 1. The lowest BCUT2D eigenvalue weighted by atomic mass is 10.2. The molecule has 134 valence electrons. The van der Waals surface area contributed by atoms with Gasteiger partial charge in [-0.05, 0) is 19.1 Å². The monoisotopic (exact) mass is 357 g/mol. The number of hydrogen-bond acceptors (Lipinski definition) is 8. The Hall–Kier alpha value is -3.49. The minimum Gasteiger partial charge on any atom is -0.494 e. The van der Waals surface area contributed by atoms with E-state index in [0.29, 0.717) is 36.9 Å². The zero-order valence-corrected chi connectivity index (χ0v) is 13.9. The lowest BCUT2D eigenvalue weighted by molar-refractivity contribution is -0.117. The lowest BCUT2D eigenvalue weighted by Gasteiger charge is -2.13. The highest BCUT2D eigenvalue weighted by Crippen LogP contribution is 2.33. The molecule has 0 fully saturated rings. The first kappa shape index (κ1) is 16.0. The van der Waals surface area contributed by atoms with Gasteiger partial charge in [0.2, 0.25) is 5.76 Å². The number of para-hydroxylation sites is 1. The second-order valence-electron chi connectivity index (χ2n) is 5.29. The number of rotatable bonds is 5. The average Bonchev–Trinajstić information content (AvgIpc) is 3.30. The quantitative estimate of drug-likeness (QED) is 0.742. The number of anilines is 1. The number of furan rings is 1. The summed E-state index contributed by atoms with van der Waals surface area (Å²) in [4.78, 5) is 12.0. The number of hydrogen-bond donors (Lipinski definition) is 1. The third-order valence-corrected chi connectivity index (χ3v) is 3.54. The first-order valence-electron chi connectivity index (χ1n) is 7.99. The molecule has 0 unspecified atom stereocenters. The van der Waals surface area contributed by atoms with Crippen LogP contribution in [0.2, 0.25) is 0 Å². The molecule has 0 aliphatic carbocycles. The van der Waals surface area contributed by atoms with E-state index < -0.39 is 5.91 Å². The van der Waals surface area contributed by atoms with Gasteiger partial charge in [-0.3, -0.25) is 10.1 Å². The van der Waals surface area contributed by atoms with E-state index in [4.69, 9.17) is 23.0 Å². The van der Waals surface area contributed by atoms with Gasteiger partial charge < -0.3 is 23.0 Å². The molecule has 9 heteroatoms. The first-order valence-corrected chi connectivity index (χ1v) is 7.99. The summed E-state index contributed by atoms with van der Waals surface area (Å²) in [7, 11) is 0. The number of aromatic nitrogens is 2. The van der Waals surface area contributed by atoms with E-state index in [0.717, 1.165) is 5.39 Å². The van der Waals surface area contributed by atoms with Gasteiger partial charge in [0.05, 0.1) is 6.61 Å². The van der Waals surface area contributed by atoms with Crippen LogP contribution < -0.4 is 10.1 Å². The molecule has 2 aromatic heterocycles. The molecule has 3 aromatic rings. The molecule has 0 saturated heterocycles. The number of nitrogens with zero attached hydrogens (tertiary/aromatic N) is 2. The molecule has 0 spiro atoms. The maximum Gasteiger partial charge on any atom is 0.323 e. The van der Waals surface area contributed by atoms with Crippen molar-refractivity contribution in [3.63, 3.8) is 0 Å². The van der Waals surface area contributed by atoms with Gasteiger partial charge in [-0.2, -0.15) is 0 Å². The number of ether oxygens (including phenoxy) is 3. The van der Waals surface area contributed by atoms with Gasteiger partial charge >= 0.3 is 6.01 Å². The van der Waals surface area contributed by atoms with E-state index in [2.05, 4.69) is 15.5 Å². The third kappa shape index (κ3) is 3.06. The summed E-state index contributed by atoms with van der Waals surface area (Å²) in [5.41, 5.74) is 0.589. The van der Waals surface area contributed by atoms with Gasteiger partial charge in [-0.15, -0.1) is 5.10 Å². The van der Waals surface area contributed by atoms with Crippen molar-refractivity contribution < 1.29 is 27.8 Å². The summed E-state index contributed by atoms with van der Waals surface area (Å²) < 4.78 is 27.0. The van der Waals surface area contributed by atoms with E-state index in [-0.39, 0.29) is 17.7 Å². The predicted molar refractivity (Wildman–Crippen MR) is 89.3 cm³/mol. The van der Waals surface area contributed by atoms with Crippen LogP contribution in [-0.4, -0.2) is 35.9 Å². The SMILES string of the molecule is CCOc1cccc2cc(-c3nnc(NC(=O)C4=COCCO4)o3)oc12. The second kappa shape index (κ2) is 6.79. The van der Waals surface area contributed by atoms with Crippen molar-refractivity contribution in [3.05, 3.63) is 36.3 Å². The van der Waals surface area contributed by atoms with Crippen LogP contribution in [-0.2, 0) is 14.3 Å². The van der Waals surface area contributed by atoms with Crippen molar-refractivity contribution in [3.8, 4) is 17.4 Å². The van der Waals surface area contributed by atoms with Crippen molar-refractivity contribution in [2.75, 3.05) is 25.1 Å². The normalized spacial score (nSPS) is 13.7. The van der Waals surface area contributed by atoms with Gasteiger partial charge in [0.1, 0.15) is 19.5 Å². The number of benzene rings is 1. The average molecular weight is 357 g/mol. The smallest absolute Gasteiger partial charge is 0.323 e. The molecule has 0 radical (unpaired) electrons. The van der Waals surface area contributed by atoms with Crippen LogP contribution >= 0.6 is 0 Å². The summed E-state index contributed by atoms with van der Waals surface area (Å²) in [5.74, 6) is 0.639. The van der Waals surface area contributed by atoms with Gasteiger partial charge in [0.15, 0.2) is 17.1 Å². The standard InChI is InChI=1S/C17H15N3O6/c1-2-23-11-5-3-4-10-8-12(25-14(10)11)16-19-20-17(26-16)18-15(21)13-9-22-6-7-24-13/h3-5,8-9H,2,6-7H2,1H3,(H,18,20,21). The Kier molecular flexibility index (Phi) is 4.18. The highest BCUT2D eigenvalue weighted by molar-refractivity contribution is 6.00. The predicted octanol–water partition coefficient (Wildman–Crippen LogP) is 2.71. The van der Waals surface area contributed by atoms with Crippen LogP contribution in [0.1, 0.15) is 6.92 Å². The van der Waals surface area contributed by atoms with Gasteiger partial charge in [-0.1, -0.05) is 17.2 Å². The van der Waals surface area contributed by atoms with Crippen LogP contribution in [0.3, 0.4) is 0 Å².